The zero-order valence-electron chi connectivity index (χ0n) is 18.7. The number of ketones is 1. The molecule has 2 atom stereocenters. The zero-order chi connectivity index (χ0) is 22.8. The van der Waals surface area contributed by atoms with Crippen LogP contribution >= 0.6 is 0 Å². The lowest BCUT2D eigenvalue weighted by atomic mass is 9.72. The topological polar surface area (TPSA) is 80.6 Å². The van der Waals surface area contributed by atoms with Crippen molar-refractivity contribution in [2.75, 3.05) is 21.3 Å². The number of carbonyl (C=O) groups excluding carboxylic acids is 1. The van der Waals surface area contributed by atoms with E-state index < -0.39 is 5.92 Å². The fraction of sp³-hybridized carbons (Fsp3) is 0.308. The van der Waals surface area contributed by atoms with E-state index in [1.54, 1.807) is 21.3 Å². The van der Waals surface area contributed by atoms with Crippen LogP contribution in [0.2, 0.25) is 0 Å². The predicted octanol–water partition coefficient (Wildman–Crippen LogP) is 4.60. The van der Waals surface area contributed by atoms with Gasteiger partial charge in [0.05, 0.1) is 38.9 Å². The van der Waals surface area contributed by atoms with Gasteiger partial charge in [-0.1, -0.05) is 18.2 Å². The molecule has 6 heteroatoms. The highest BCUT2D eigenvalue weighted by molar-refractivity contribution is 6.00. The Hall–Kier alpha value is -3.72. The molecule has 0 unspecified atom stereocenters. The van der Waals surface area contributed by atoms with E-state index >= 15 is 0 Å². The first kappa shape index (κ1) is 21.5. The van der Waals surface area contributed by atoms with Crippen LogP contribution in [-0.4, -0.2) is 27.1 Å². The molecular formula is C26H26N2O4. The number of hydrogen-bond donors (Lipinski definition) is 1. The number of hydrogen-bond acceptors (Lipinski definition) is 6. The van der Waals surface area contributed by atoms with E-state index in [0.29, 0.717) is 35.5 Å². The molecular weight excluding hydrogens is 404 g/mol. The van der Waals surface area contributed by atoms with Crippen molar-refractivity contribution in [2.24, 2.45) is 0 Å². The minimum atomic E-state index is -0.430. The molecule has 32 heavy (non-hydrogen) atoms. The summed E-state index contributed by atoms with van der Waals surface area (Å²) in [6, 6.07) is 15.8. The van der Waals surface area contributed by atoms with E-state index in [1.807, 2.05) is 49.4 Å². The maximum absolute atomic E-state index is 13.5. The number of ether oxygens (including phenoxy) is 3. The second-order valence-electron chi connectivity index (χ2n) is 8.02. The minimum absolute atomic E-state index is 0.0552. The quantitative estimate of drug-likeness (QED) is 0.747. The number of nitrogens with one attached hydrogen (secondary N) is 1. The third-order valence-electron chi connectivity index (χ3n) is 6.28. The first-order valence-corrected chi connectivity index (χ1v) is 10.5. The Kier molecular flexibility index (Phi) is 5.91. The molecule has 2 aromatic rings. The summed E-state index contributed by atoms with van der Waals surface area (Å²) < 4.78 is 16.1. The molecule has 4 rings (SSSR count). The number of allylic oxidation sites excluding steroid dienone is 4. The Balaban J connectivity index is 1.76. The lowest BCUT2D eigenvalue weighted by Crippen LogP contribution is -2.33. The van der Waals surface area contributed by atoms with Crippen molar-refractivity contribution in [3.05, 3.63) is 76.1 Å². The van der Waals surface area contributed by atoms with Crippen molar-refractivity contribution in [1.82, 2.24) is 5.32 Å². The molecule has 1 heterocycles. The van der Waals surface area contributed by atoms with Crippen molar-refractivity contribution >= 4 is 5.78 Å². The number of dihydropyridines is 1. The monoisotopic (exact) mass is 430 g/mol. The number of benzene rings is 2. The van der Waals surface area contributed by atoms with Crippen molar-refractivity contribution in [3.8, 4) is 23.3 Å². The summed E-state index contributed by atoms with van der Waals surface area (Å²) in [6.07, 6.45) is 1.10. The summed E-state index contributed by atoms with van der Waals surface area (Å²) in [5.74, 6) is 1.66. The maximum Gasteiger partial charge on any atom is 0.162 e. The first-order chi connectivity index (χ1) is 15.5. The molecule has 0 spiro atoms. The number of nitrogens with zero attached hydrogens (tertiary/aromatic N) is 1. The van der Waals surface area contributed by atoms with Gasteiger partial charge in [-0.3, -0.25) is 4.79 Å². The highest BCUT2D eigenvalue weighted by Gasteiger charge is 2.39. The second kappa shape index (κ2) is 8.80. The minimum Gasteiger partial charge on any atom is -0.497 e. The average Bonchev–Trinajstić information content (AvgIpc) is 2.82. The van der Waals surface area contributed by atoms with E-state index in [9.17, 15) is 10.1 Å². The molecule has 6 nitrogen and oxygen atoms in total. The molecule has 1 aliphatic heterocycles. The van der Waals surface area contributed by atoms with Gasteiger partial charge in [0.15, 0.2) is 17.3 Å². The summed E-state index contributed by atoms with van der Waals surface area (Å²) >= 11 is 0. The van der Waals surface area contributed by atoms with Crippen molar-refractivity contribution < 1.29 is 19.0 Å². The first-order valence-electron chi connectivity index (χ1n) is 10.5. The lowest BCUT2D eigenvalue weighted by molar-refractivity contribution is -0.116. The van der Waals surface area contributed by atoms with Crippen LogP contribution in [0, 0.1) is 11.3 Å². The van der Waals surface area contributed by atoms with Crippen LogP contribution in [0.1, 0.15) is 42.7 Å². The molecule has 2 aromatic carbocycles. The highest BCUT2D eigenvalue weighted by atomic mass is 16.5. The molecule has 2 aliphatic rings. The van der Waals surface area contributed by atoms with Gasteiger partial charge in [0.2, 0.25) is 0 Å². The predicted molar refractivity (Wildman–Crippen MR) is 121 cm³/mol. The third-order valence-corrected chi connectivity index (χ3v) is 6.28. The van der Waals surface area contributed by atoms with Gasteiger partial charge in [0.1, 0.15) is 5.75 Å². The SMILES string of the molecule is COc1ccc([C@H]2CC(=O)C3=C(C2)NC(C)=C(C#N)[C@H]3c2ccc(OC)c(OC)c2)cc1. The van der Waals surface area contributed by atoms with Crippen LogP contribution in [0.25, 0.3) is 0 Å². The largest absolute Gasteiger partial charge is 0.497 e. The molecule has 0 amide bonds. The van der Waals surface area contributed by atoms with Crippen molar-refractivity contribution in [1.29, 1.82) is 5.26 Å². The van der Waals surface area contributed by atoms with E-state index in [-0.39, 0.29) is 11.7 Å². The zero-order valence-corrected chi connectivity index (χ0v) is 18.7. The second-order valence-corrected chi connectivity index (χ2v) is 8.02. The Labute approximate surface area is 188 Å². The number of nitriles is 1. The number of carbonyl (C=O) groups is 1. The van der Waals surface area contributed by atoms with E-state index in [0.717, 1.165) is 28.3 Å². The average molecular weight is 431 g/mol. The summed E-state index contributed by atoms with van der Waals surface area (Å²) in [6.45, 7) is 1.89. The smallest absolute Gasteiger partial charge is 0.162 e. The summed E-state index contributed by atoms with van der Waals surface area (Å²) in [4.78, 5) is 13.5. The lowest BCUT2D eigenvalue weighted by Gasteiger charge is -2.35. The summed E-state index contributed by atoms with van der Waals surface area (Å²) in [5.41, 5.74) is 4.82. The highest BCUT2D eigenvalue weighted by Crippen LogP contribution is 2.46. The molecule has 1 aliphatic carbocycles. The van der Waals surface area contributed by atoms with Crippen LogP contribution < -0.4 is 19.5 Å². The van der Waals surface area contributed by atoms with Crippen molar-refractivity contribution in [2.45, 2.75) is 31.6 Å². The summed E-state index contributed by atoms with van der Waals surface area (Å²) in [5, 5.41) is 13.3. The number of rotatable bonds is 5. The van der Waals surface area contributed by atoms with Gasteiger partial charge in [-0.25, -0.2) is 0 Å². The van der Waals surface area contributed by atoms with Gasteiger partial charge in [0.25, 0.3) is 0 Å². The normalized spacial score (nSPS) is 20.3. The van der Waals surface area contributed by atoms with Crippen molar-refractivity contribution in [3.63, 3.8) is 0 Å². The molecule has 1 N–H and O–H groups in total. The van der Waals surface area contributed by atoms with E-state index in [2.05, 4.69) is 11.4 Å². The fourth-order valence-electron chi connectivity index (χ4n) is 4.66. The standard InChI is InChI=1S/C26H26N2O4/c1-15-20(14-27)25(17-7-10-23(31-3)24(13-17)32-4)26-21(28-15)11-18(12-22(26)29)16-5-8-19(30-2)9-6-16/h5-10,13,18,25,28H,11-12H2,1-4H3/t18-,25-/m1/s1. The van der Waals surface area contributed by atoms with Gasteiger partial charge in [-0.2, -0.15) is 5.26 Å². The fourth-order valence-corrected chi connectivity index (χ4v) is 4.66. The van der Waals surface area contributed by atoms with Crippen LogP contribution in [0.4, 0.5) is 0 Å². The Bertz CT molecular complexity index is 1160. The van der Waals surface area contributed by atoms with Gasteiger partial charge < -0.3 is 19.5 Å². The molecule has 164 valence electrons. The number of Topliss-reactive ketones (excluding diaryl/α,β-unsaturated/α-hetero) is 1. The Morgan fingerprint density at radius 2 is 1.62 bits per heavy atom. The van der Waals surface area contributed by atoms with E-state index in [1.165, 1.54) is 0 Å². The Morgan fingerprint density at radius 1 is 0.938 bits per heavy atom. The van der Waals surface area contributed by atoms with Gasteiger partial charge >= 0.3 is 0 Å². The summed E-state index contributed by atoms with van der Waals surface area (Å²) in [7, 11) is 4.79. The van der Waals surface area contributed by atoms with Crippen LogP contribution in [0.15, 0.2) is 65.0 Å². The maximum atomic E-state index is 13.5. The van der Waals surface area contributed by atoms with Crippen LogP contribution in [-0.2, 0) is 4.79 Å². The van der Waals surface area contributed by atoms with Crippen LogP contribution in [0.3, 0.4) is 0 Å². The third kappa shape index (κ3) is 3.71. The Morgan fingerprint density at radius 3 is 2.25 bits per heavy atom. The molecule has 0 aromatic heterocycles. The molecule has 0 bridgehead atoms. The number of methoxy groups -OCH3 is 3. The molecule has 0 radical (unpaired) electrons. The van der Waals surface area contributed by atoms with Gasteiger partial charge in [-0.15, -0.1) is 0 Å². The molecule has 0 saturated carbocycles. The van der Waals surface area contributed by atoms with Gasteiger partial charge in [-0.05, 0) is 54.7 Å². The van der Waals surface area contributed by atoms with Crippen LogP contribution in [0.5, 0.6) is 17.2 Å². The molecule has 0 saturated heterocycles. The molecule has 0 fully saturated rings. The van der Waals surface area contributed by atoms with Gasteiger partial charge in [0, 0.05) is 23.4 Å². The van der Waals surface area contributed by atoms with E-state index in [4.69, 9.17) is 14.2 Å².